The van der Waals surface area contributed by atoms with Gasteiger partial charge in [0.25, 0.3) is 5.91 Å². The van der Waals surface area contributed by atoms with Crippen LogP contribution in [0.4, 0.5) is 0 Å². The van der Waals surface area contributed by atoms with Gasteiger partial charge in [-0.05, 0) is 49.9 Å². The van der Waals surface area contributed by atoms with Crippen molar-refractivity contribution in [2.45, 2.75) is 46.6 Å². The number of furan rings is 1. The molecule has 2 rings (SSSR count). The first-order valence-electron chi connectivity index (χ1n) is 8.80. The molecular weight excluding hydrogens is 360 g/mol. The van der Waals surface area contributed by atoms with Gasteiger partial charge in [0.1, 0.15) is 23.2 Å². The van der Waals surface area contributed by atoms with Crippen LogP contribution in [-0.4, -0.2) is 11.4 Å². The number of rotatable bonds is 5. The van der Waals surface area contributed by atoms with E-state index in [4.69, 9.17) is 16.0 Å². The van der Waals surface area contributed by atoms with E-state index in [0.29, 0.717) is 16.5 Å². The van der Waals surface area contributed by atoms with Crippen molar-refractivity contribution in [3.63, 3.8) is 0 Å². The van der Waals surface area contributed by atoms with Crippen molar-refractivity contribution < 1.29 is 9.21 Å². The number of amides is 1. The molecule has 0 bridgehead atoms. The zero-order valence-corrected chi connectivity index (χ0v) is 17.1. The van der Waals surface area contributed by atoms with Crippen LogP contribution < -0.4 is 5.32 Å². The summed E-state index contributed by atoms with van der Waals surface area (Å²) in [6.07, 6.45) is 2.23. The Hall–Kier alpha value is -2.51. The molecule has 0 saturated heterocycles. The maximum atomic E-state index is 12.5. The summed E-state index contributed by atoms with van der Waals surface area (Å²) in [4.78, 5) is 12.5. The van der Waals surface area contributed by atoms with E-state index in [1.165, 1.54) is 6.08 Å². The molecule has 27 heavy (non-hydrogen) atoms. The van der Waals surface area contributed by atoms with Crippen molar-refractivity contribution in [1.29, 1.82) is 5.26 Å². The topological polar surface area (TPSA) is 66.0 Å². The van der Waals surface area contributed by atoms with Crippen molar-refractivity contribution >= 4 is 23.6 Å². The van der Waals surface area contributed by atoms with Crippen LogP contribution in [0.1, 0.15) is 46.8 Å². The zero-order valence-electron chi connectivity index (χ0n) is 16.4. The average Bonchev–Trinajstić information content (AvgIpc) is 2.98. The third-order valence-electron chi connectivity index (χ3n) is 3.84. The Morgan fingerprint density at radius 3 is 2.44 bits per heavy atom. The van der Waals surface area contributed by atoms with Crippen molar-refractivity contribution in [2.75, 3.05) is 0 Å². The monoisotopic (exact) mass is 384 g/mol. The molecule has 1 heterocycles. The minimum absolute atomic E-state index is 0.00274. The molecule has 1 amide bonds. The molecule has 0 aliphatic carbocycles. The molecule has 2 aromatic rings. The fraction of sp³-hybridized carbons (Fsp3) is 0.364. The zero-order chi connectivity index (χ0) is 20.2. The van der Waals surface area contributed by atoms with Gasteiger partial charge in [-0.2, -0.15) is 5.26 Å². The van der Waals surface area contributed by atoms with Gasteiger partial charge in [0, 0.05) is 17.2 Å². The van der Waals surface area contributed by atoms with E-state index in [9.17, 15) is 10.1 Å². The second-order valence-electron chi connectivity index (χ2n) is 8.43. The quantitative estimate of drug-likeness (QED) is 0.520. The van der Waals surface area contributed by atoms with Gasteiger partial charge in [-0.3, -0.25) is 4.79 Å². The van der Waals surface area contributed by atoms with Crippen LogP contribution in [0, 0.1) is 16.7 Å². The summed E-state index contributed by atoms with van der Waals surface area (Å²) in [5, 5.41) is 12.9. The van der Waals surface area contributed by atoms with Gasteiger partial charge in [0.2, 0.25) is 0 Å². The highest BCUT2D eigenvalue weighted by atomic mass is 35.5. The first kappa shape index (κ1) is 20.8. The fourth-order valence-electron chi connectivity index (χ4n) is 3.27. The van der Waals surface area contributed by atoms with Crippen LogP contribution in [-0.2, 0) is 4.79 Å². The van der Waals surface area contributed by atoms with E-state index in [1.54, 1.807) is 18.2 Å². The van der Waals surface area contributed by atoms with E-state index in [-0.39, 0.29) is 11.0 Å². The highest BCUT2D eigenvalue weighted by molar-refractivity contribution is 6.33. The normalized spacial score (nSPS) is 12.6. The molecule has 4 nitrogen and oxygen atoms in total. The largest absolute Gasteiger partial charge is 0.457 e. The van der Waals surface area contributed by atoms with Crippen LogP contribution in [0.25, 0.3) is 17.4 Å². The Labute approximate surface area is 165 Å². The van der Waals surface area contributed by atoms with Crippen molar-refractivity contribution in [1.82, 2.24) is 5.32 Å². The summed E-state index contributed by atoms with van der Waals surface area (Å²) >= 11 is 6.18. The molecule has 0 unspecified atom stereocenters. The molecule has 1 N–H and O–H groups in total. The number of carbonyl (C=O) groups is 1. The lowest BCUT2D eigenvalue weighted by Crippen LogP contribution is -2.46. The molecule has 0 saturated carbocycles. The lowest BCUT2D eigenvalue weighted by molar-refractivity contribution is -0.118. The minimum Gasteiger partial charge on any atom is -0.457 e. The summed E-state index contributed by atoms with van der Waals surface area (Å²) < 4.78 is 5.75. The van der Waals surface area contributed by atoms with Crippen LogP contribution in [0.2, 0.25) is 5.02 Å². The Balaban J connectivity index is 2.20. The third kappa shape index (κ3) is 6.01. The van der Waals surface area contributed by atoms with Crippen molar-refractivity contribution in [3.05, 3.63) is 52.8 Å². The smallest absolute Gasteiger partial charge is 0.262 e. The van der Waals surface area contributed by atoms with Crippen molar-refractivity contribution in [3.8, 4) is 17.4 Å². The molecule has 1 aromatic heterocycles. The van der Waals surface area contributed by atoms with E-state index >= 15 is 0 Å². The summed E-state index contributed by atoms with van der Waals surface area (Å²) in [5.74, 6) is 0.588. The van der Waals surface area contributed by atoms with E-state index in [1.807, 2.05) is 38.1 Å². The Kier molecular flexibility index (Phi) is 6.18. The molecule has 0 atom stereocenters. The summed E-state index contributed by atoms with van der Waals surface area (Å²) in [6, 6.07) is 12.8. The maximum absolute atomic E-state index is 12.5. The lowest BCUT2D eigenvalue weighted by atomic mass is 9.81. The second kappa shape index (κ2) is 8.02. The number of benzene rings is 1. The Bertz CT molecular complexity index is 896. The predicted molar refractivity (Wildman–Crippen MR) is 109 cm³/mol. The van der Waals surface area contributed by atoms with Gasteiger partial charge in [-0.25, -0.2) is 0 Å². The standard InChI is InChI=1S/C22H25ClN2O2/c1-21(2,3)14-22(4,5)25-20(26)15(13-24)12-16-10-11-19(27-16)17-8-6-7-9-18(17)23/h6-12H,14H2,1-5H3,(H,25,26)/b15-12+. The predicted octanol–water partition coefficient (Wildman–Crippen LogP) is 5.84. The SMILES string of the molecule is CC(C)(C)CC(C)(C)NC(=O)/C(C#N)=C/c1ccc(-c2ccccc2Cl)o1. The molecule has 0 fully saturated rings. The van der Waals surface area contributed by atoms with Crippen LogP contribution in [0.15, 0.2) is 46.4 Å². The molecule has 0 aliphatic rings. The van der Waals surface area contributed by atoms with Gasteiger partial charge in [0.05, 0.1) is 5.02 Å². The number of nitriles is 1. The number of nitrogens with one attached hydrogen (secondary N) is 1. The highest BCUT2D eigenvalue weighted by Crippen LogP contribution is 2.30. The van der Waals surface area contributed by atoms with E-state index in [2.05, 4.69) is 26.1 Å². The van der Waals surface area contributed by atoms with Gasteiger partial charge >= 0.3 is 0 Å². The molecule has 5 heteroatoms. The highest BCUT2D eigenvalue weighted by Gasteiger charge is 2.28. The molecular formula is C22H25ClN2O2. The summed E-state index contributed by atoms with van der Waals surface area (Å²) in [6.45, 7) is 10.2. The number of nitrogens with zero attached hydrogens (tertiary/aromatic N) is 1. The van der Waals surface area contributed by atoms with Crippen LogP contribution >= 0.6 is 11.6 Å². The molecule has 1 aromatic carbocycles. The van der Waals surface area contributed by atoms with E-state index < -0.39 is 11.4 Å². The first-order valence-corrected chi connectivity index (χ1v) is 9.18. The second-order valence-corrected chi connectivity index (χ2v) is 8.83. The summed E-state index contributed by atoms with van der Waals surface area (Å²) in [7, 11) is 0. The molecule has 0 aliphatic heterocycles. The first-order chi connectivity index (χ1) is 12.5. The Morgan fingerprint density at radius 1 is 1.19 bits per heavy atom. The Morgan fingerprint density at radius 2 is 1.85 bits per heavy atom. The minimum atomic E-state index is -0.433. The average molecular weight is 385 g/mol. The molecule has 142 valence electrons. The summed E-state index contributed by atoms with van der Waals surface area (Å²) in [5.41, 5.74) is 0.375. The van der Waals surface area contributed by atoms with Crippen molar-refractivity contribution in [2.24, 2.45) is 5.41 Å². The molecule has 0 radical (unpaired) electrons. The lowest BCUT2D eigenvalue weighted by Gasteiger charge is -2.33. The number of carbonyl (C=O) groups excluding carboxylic acids is 1. The number of hydrogen-bond acceptors (Lipinski definition) is 3. The van der Waals surface area contributed by atoms with E-state index in [0.717, 1.165) is 12.0 Å². The molecule has 0 spiro atoms. The van der Waals surface area contributed by atoms with Gasteiger partial charge in [-0.15, -0.1) is 0 Å². The fourth-order valence-corrected chi connectivity index (χ4v) is 3.50. The van der Waals surface area contributed by atoms with Gasteiger partial charge in [0.15, 0.2) is 0 Å². The van der Waals surface area contributed by atoms with Crippen LogP contribution in [0.3, 0.4) is 0 Å². The third-order valence-corrected chi connectivity index (χ3v) is 4.17. The van der Waals surface area contributed by atoms with Gasteiger partial charge < -0.3 is 9.73 Å². The van der Waals surface area contributed by atoms with Crippen LogP contribution in [0.5, 0.6) is 0 Å². The number of hydrogen-bond donors (Lipinski definition) is 1. The van der Waals surface area contributed by atoms with Gasteiger partial charge in [-0.1, -0.05) is 44.5 Å². The maximum Gasteiger partial charge on any atom is 0.262 e. The number of halogens is 1.